The van der Waals surface area contributed by atoms with Gasteiger partial charge in [-0.05, 0) is 47.0 Å². The molecular weight excluding hydrogens is 420 g/mol. The highest BCUT2D eigenvalue weighted by Crippen LogP contribution is 2.22. The topological polar surface area (TPSA) is 34.5 Å². The van der Waals surface area contributed by atoms with Crippen LogP contribution in [0.3, 0.4) is 0 Å². The van der Waals surface area contributed by atoms with Gasteiger partial charge in [-0.15, -0.1) is 0 Å². The Balaban J connectivity index is 1.61. The number of hydrogen-bond acceptors (Lipinski definition) is 2. The summed E-state index contributed by atoms with van der Waals surface area (Å²) < 4.78 is 7.39. The van der Waals surface area contributed by atoms with Crippen LogP contribution in [0.4, 0.5) is 0 Å². The van der Waals surface area contributed by atoms with Gasteiger partial charge in [-0.3, -0.25) is 4.79 Å². The lowest BCUT2D eigenvalue weighted by Gasteiger charge is -2.24. The van der Waals surface area contributed by atoms with Gasteiger partial charge in [0, 0.05) is 49.3 Å². The molecule has 0 spiro atoms. The molecule has 0 aliphatic carbocycles. The molecule has 0 fully saturated rings. The third-order valence-corrected chi connectivity index (χ3v) is 6.03. The Morgan fingerprint density at radius 2 is 1.75 bits per heavy atom. The van der Waals surface area contributed by atoms with E-state index in [1.165, 1.54) is 0 Å². The monoisotopic (exact) mass is 446 g/mol. The number of rotatable bonds is 9. The molecule has 0 N–H and O–H groups in total. The van der Waals surface area contributed by atoms with E-state index in [4.69, 9.17) is 16.3 Å². The van der Waals surface area contributed by atoms with E-state index in [1.807, 2.05) is 83.9 Å². The molecule has 0 radical (unpaired) electrons. The summed E-state index contributed by atoms with van der Waals surface area (Å²) in [5.41, 5.74) is 2.85. The predicted octanol–water partition coefficient (Wildman–Crippen LogP) is 6.02. The summed E-state index contributed by atoms with van der Waals surface area (Å²) in [6.07, 6.45) is 2.81. The maximum atomic E-state index is 13.7. The summed E-state index contributed by atoms with van der Waals surface area (Å²) in [5, 5.41) is 2.79. The van der Waals surface area contributed by atoms with Gasteiger partial charge in [0.2, 0.25) is 0 Å². The van der Waals surface area contributed by atoms with Gasteiger partial charge < -0.3 is 14.2 Å². The normalized spacial score (nSPS) is 11.1. The van der Waals surface area contributed by atoms with Crippen LogP contribution in [0, 0.1) is 0 Å². The van der Waals surface area contributed by atoms with Crippen LogP contribution >= 0.6 is 11.6 Å². The first-order valence-electron chi connectivity index (χ1n) is 10.8. The SMILES string of the molecule is COCCCN(Cc1cccn1Cc1ccccc1Cl)C(=O)c1cccc2ccccc12. The summed E-state index contributed by atoms with van der Waals surface area (Å²) in [6.45, 7) is 2.41. The van der Waals surface area contributed by atoms with Crippen molar-refractivity contribution < 1.29 is 9.53 Å². The minimum atomic E-state index is 0.0309. The third-order valence-electron chi connectivity index (χ3n) is 5.66. The standard InChI is InChI=1S/C27H27ClN2O2/c1-32-18-8-17-30(27(31)25-14-6-11-21-9-2-4-13-24(21)25)20-23-12-7-16-29(23)19-22-10-3-5-15-26(22)28/h2-7,9-16H,8,17-20H2,1H3. The number of benzene rings is 3. The number of amides is 1. The molecule has 0 aliphatic heterocycles. The third kappa shape index (κ3) is 5.04. The van der Waals surface area contributed by atoms with Crippen molar-refractivity contribution in [1.29, 1.82) is 0 Å². The van der Waals surface area contributed by atoms with Crippen LogP contribution in [0.5, 0.6) is 0 Å². The van der Waals surface area contributed by atoms with E-state index in [0.717, 1.165) is 39.0 Å². The van der Waals surface area contributed by atoms with Crippen molar-refractivity contribution in [2.24, 2.45) is 0 Å². The number of ether oxygens (including phenoxy) is 1. The molecule has 32 heavy (non-hydrogen) atoms. The van der Waals surface area contributed by atoms with Crippen molar-refractivity contribution >= 4 is 28.3 Å². The second-order valence-electron chi connectivity index (χ2n) is 7.82. The number of nitrogens with zero attached hydrogens (tertiary/aromatic N) is 2. The summed E-state index contributed by atoms with van der Waals surface area (Å²) in [4.78, 5) is 15.6. The van der Waals surface area contributed by atoms with Gasteiger partial charge in [-0.1, -0.05) is 66.2 Å². The van der Waals surface area contributed by atoms with Gasteiger partial charge in [0.25, 0.3) is 5.91 Å². The minimum Gasteiger partial charge on any atom is -0.385 e. The Morgan fingerprint density at radius 3 is 2.59 bits per heavy atom. The van der Waals surface area contributed by atoms with Crippen molar-refractivity contribution in [3.63, 3.8) is 0 Å². The molecule has 1 heterocycles. The number of halogens is 1. The van der Waals surface area contributed by atoms with Crippen LogP contribution in [-0.2, 0) is 17.8 Å². The fourth-order valence-corrected chi connectivity index (χ4v) is 4.18. The molecule has 5 heteroatoms. The van der Waals surface area contributed by atoms with Crippen LogP contribution in [0.15, 0.2) is 85.1 Å². The fraction of sp³-hybridized carbons (Fsp3) is 0.222. The fourth-order valence-electron chi connectivity index (χ4n) is 3.99. The molecule has 0 saturated heterocycles. The maximum absolute atomic E-state index is 13.7. The molecule has 3 aromatic carbocycles. The zero-order valence-electron chi connectivity index (χ0n) is 18.2. The average Bonchev–Trinajstić information content (AvgIpc) is 3.25. The summed E-state index contributed by atoms with van der Waals surface area (Å²) >= 11 is 6.38. The Kier molecular flexibility index (Phi) is 7.25. The second-order valence-corrected chi connectivity index (χ2v) is 8.23. The first kappa shape index (κ1) is 22.1. The molecule has 164 valence electrons. The average molecular weight is 447 g/mol. The molecule has 4 nitrogen and oxygen atoms in total. The Bertz CT molecular complexity index is 1200. The first-order valence-corrected chi connectivity index (χ1v) is 11.2. The Labute approximate surface area is 194 Å². The van der Waals surface area contributed by atoms with E-state index in [9.17, 15) is 4.79 Å². The zero-order valence-corrected chi connectivity index (χ0v) is 19.0. The number of fused-ring (bicyclic) bond motifs is 1. The highest BCUT2D eigenvalue weighted by Gasteiger charge is 2.19. The number of hydrogen-bond donors (Lipinski definition) is 0. The molecule has 0 saturated carbocycles. The number of carbonyl (C=O) groups is 1. The van der Waals surface area contributed by atoms with Crippen molar-refractivity contribution in [3.8, 4) is 0 Å². The first-order chi connectivity index (χ1) is 15.7. The van der Waals surface area contributed by atoms with Gasteiger partial charge in [-0.25, -0.2) is 0 Å². The van der Waals surface area contributed by atoms with E-state index < -0.39 is 0 Å². The van der Waals surface area contributed by atoms with E-state index in [-0.39, 0.29) is 5.91 Å². The van der Waals surface area contributed by atoms with E-state index in [0.29, 0.717) is 26.2 Å². The molecule has 0 unspecified atom stereocenters. The maximum Gasteiger partial charge on any atom is 0.254 e. The molecule has 4 rings (SSSR count). The van der Waals surface area contributed by atoms with Crippen LogP contribution in [-0.4, -0.2) is 35.6 Å². The molecule has 0 aliphatic rings. The largest absolute Gasteiger partial charge is 0.385 e. The molecular formula is C27H27ClN2O2. The highest BCUT2D eigenvalue weighted by molar-refractivity contribution is 6.31. The molecule has 4 aromatic rings. The quantitative estimate of drug-likeness (QED) is 0.294. The van der Waals surface area contributed by atoms with Gasteiger partial charge in [-0.2, -0.15) is 0 Å². The Morgan fingerprint density at radius 1 is 0.969 bits per heavy atom. The molecule has 1 aromatic heterocycles. The minimum absolute atomic E-state index is 0.0309. The van der Waals surface area contributed by atoms with Crippen molar-refractivity contribution in [3.05, 3.63) is 107 Å². The van der Waals surface area contributed by atoms with Crippen LogP contribution in [0.2, 0.25) is 5.02 Å². The van der Waals surface area contributed by atoms with Crippen molar-refractivity contribution in [2.75, 3.05) is 20.3 Å². The number of methoxy groups -OCH3 is 1. The number of carbonyl (C=O) groups excluding carboxylic acids is 1. The van der Waals surface area contributed by atoms with Gasteiger partial charge in [0.05, 0.1) is 6.54 Å². The van der Waals surface area contributed by atoms with E-state index >= 15 is 0 Å². The van der Waals surface area contributed by atoms with Gasteiger partial charge in [0.15, 0.2) is 0 Å². The van der Waals surface area contributed by atoms with Gasteiger partial charge in [0.1, 0.15) is 0 Å². The van der Waals surface area contributed by atoms with E-state index in [1.54, 1.807) is 7.11 Å². The van der Waals surface area contributed by atoms with Crippen LogP contribution in [0.1, 0.15) is 28.0 Å². The molecule has 0 bridgehead atoms. The van der Waals surface area contributed by atoms with Crippen molar-refractivity contribution in [1.82, 2.24) is 9.47 Å². The molecule has 0 atom stereocenters. The zero-order chi connectivity index (χ0) is 22.3. The van der Waals surface area contributed by atoms with Gasteiger partial charge >= 0.3 is 0 Å². The smallest absolute Gasteiger partial charge is 0.254 e. The lowest BCUT2D eigenvalue weighted by molar-refractivity contribution is 0.0722. The number of aromatic nitrogens is 1. The van der Waals surface area contributed by atoms with Crippen molar-refractivity contribution in [2.45, 2.75) is 19.5 Å². The predicted molar refractivity (Wildman–Crippen MR) is 130 cm³/mol. The highest BCUT2D eigenvalue weighted by atomic mass is 35.5. The summed E-state index contributed by atoms with van der Waals surface area (Å²) in [7, 11) is 1.69. The lowest BCUT2D eigenvalue weighted by Crippen LogP contribution is -2.33. The lowest BCUT2D eigenvalue weighted by atomic mass is 10.0. The van der Waals surface area contributed by atoms with E-state index in [2.05, 4.69) is 10.6 Å². The molecule has 1 amide bonds. The second kappa shape index (κ2) is 10.5. The van der Waals surface area contributed by atoms with Crippen LogP contribution in [0.25, 0.3) is 10.8 Å². The Hall–Kier alpha value is -3.08. The van der Waals surface area contributed by atoms with Crippen LogP contribution < -0.4 is 0 Å². The summed E-state index contributed by atoms with van der Waals surface area (Å²) in [5.74, 6) is 0.0309. The summed E-state index contributed by atoms with van der Waals surface area (Å²) in [6, 6.07) is 25.9.